The van der Waals surface area contributed by atoms with Crippen molar-refractivity contribution in [3.8, 4) is 0 Å². The van der Waals surface area contributed by atoms with Gasteiger partial charge in [0.2, 0.25) is 5.91 Å². The van der Waals surface area contributed by atoms with Crippen molar-refractivity contribution in [1.82, 2.24) is 9.80 Å². The Kier molecular flexibility index (Phi) is 22.0. The van der Waals surface area contributed by atoms with E-state index in [9.17, 15) is 14.4 Å². The van der Waals surface area contributed by atoms with E-state index in [2.05, 4.69) is 6.92 Å². The van der Waals surface area contributed by atoms with Crippen LogP contribution in [0.1, 0.15) is 110 Å². The van der Waals surface area contributed by atoms with E-state index in [0.717, 1.165) is 25.7 Å². The van der Waals surface area contributed by atoms with Crippen molar-refractivity contribution in [2.45, 2.75) is 110 Å². The number of hydrogen-bond acceptors (Lipinski definition) is 6. The molecule has 0 aromatic heterocycles. The van der Waals surface area contributed by atoms with E-state index in [4.69, 9.17) is 9.47 Å². The van der Waals surface area contributed by atoms with Crippen LogP contribution in [0.2, 0.25) is 0 Å². The maximum Gasteiger partial charge on any atom is 0.305 e. The number of carbonyl (C=O) groups excluding carboxylic acids is 3. The smallest absolute Gasteiger partial charge is 0.305 e. The summed E-state index contributed by atoms with van der Waals surface area (Å²) in [5, 5.41) is 0. The first-order valence-electron chi connectivity index (χ1n) is 13.6. The predicted octanol–water partition coefficient (Wildman–Crippen LogP) is 5.35. The zero-order chi connectivity index (χ0) is 25.4. The predicted molar refractivity (Wildman–Crippen MR) is 138 cm³/mol. The summed E-state index contributed by atoms with van der Waals surface area (Å²) in [6.07, 6.45) is 16.3. The van der Waals surface area contributed by atoms with E-state index in [1.54, 1.807) is 9.80 Å². The van der Waals surface area contributed by atoms with Crippen LogP contribution in [0.15, 0.2) is 0 Å². The third-order valence-corrected chi connectivity index (χ3v) is 5.77. The minimum absolute atomic E-state index is 0.0731. The Bertz CT molecular complexity index is 525. The highest BCUT2D eigenvalue weighted by Crippen LogP contribution is 2.12. The molecule has 0 rings (SSSR count). The quantitative estimate of drug-likeness (QED) is 0.144. The lowest BCUT2D eigenvalue weighted by Gasteiger charge is -2.24. The van der Waals surface area contributed by atoms with Crippen LogP contribution >= 0.6 is 0 Å². The van der Waals surface area contributed by atoms with E-state index in [0.29, 0.717) is 25.9 Å². The molecule has 0 aromatic rings. The molecule has 0 N–H and O–H groups in total. The molecule has 1 amide bonds. The summed E-state index contributed by atoms with van der Waals surface area (Å²) >= 11 is 0. The monoisotopic (exact) mass is 484 g/mol. The van der Waals surface area contributed by atoms with E-state index in [1.165, 1.54) is 57.8 Å². The summed E-state index contributed by atoms with van der Waals surface area (Å²) in [6.45, 7) is 5.47. The first kappa shape index (κ1) is 32.4. The largest absolute Gasteiger partial charge is 0.464 e. The molecule has 34 heavy (non-hydrogen) atoms. The summed E-state index contributed by atoms with van der Waals surface area (Å²) in [5.74, 6) is -0.516. The number of unbranched alkanes of at least 4 members (excludes halogenated alkanes) is 11. The number of amides is 1. The Balaban J connectivity index is 3.97. The number of carbonyl (C=O) groups is 3. The summed E-state index contributed by atoms with van der Waals surface area (Å²) in [7, 11) is 3.66. The van der Waals surface area contributed by atoms with Crippen LogP contribution < -0.4 is 0 Å². The van der Waals surface area contributed by atoms with Gasteiger partial charge < -0.3 is 19.3 Å². The fourth-order valence-corrected chi connectivity index (χ4v) is 3.67. The summed E-state index contributed by atoms with van der Waals surface area (Å²) in [6, 6.07) is 0. The van der Waals surface area contributed by atoms with Gasteiger partial charge in [-0.15, -0.1) is 0 Å². The molecule has 200 valence electrons. The minimum Gasteiger partial charge on any atom is -0.464 e. The van der Waals surface area contributed by atoms with Gasteiger partial charge in [-0.05, 0) is 26.9 Å². The number of hydrogen-bond donors (Lipinski definition) is 0. The van der Waals surface area contributed by atoms with Crippen molar-refractivity contribution < 1.29 is 23.9 Å². The Labute approximate surface area is 208 Å². The van der Waals surface area contributed by atoms with E-state index < -0.39 is 0 Å². The highest BCUT2D eigenvalue weighted by molar-refractivity contribution is 5.78. The maximum atomic E-state index is 12.5. The molecule has 0 fully saturated rings. The molecule has 0 saturated heterocycles. The molecule has 7 nitrogen and oxygen atoms in total. The molecule has 0 saturated carbocycles. The Hall–Kier alpha value is -1.63. The van der Waals surface area contributed by atoms with Gasteiger partial charge >= 0.3 is 11.9 Å². The Morgan fingerprint density at radius 2 is 1.00 bits per heavy atom. The topological polar surface area (TPSA) is 76.1 Å². The first-order valence-corrected chi connectivity index (χ1v) is 13.6. The SMILES string of the molecule is CCCCCCCCCCCCCC(=O)OCCN(CCOC(=O)CCCC)C(=O)CN(C)C. The van der Waals surface area contributed by atoms with E-state index in [1.807, 2.05) is 21.0 Å². The number of esters is 2. The molecule has 0 bridgehead atoms. The molecule has 0 heterocycles. The second kappa shape index (κ2) is 23.1. The second-order valence-corrected chi connectivity index (χ2v) is 9.45. The Morgan fingerprint density at radius 1 is 0.588 bits per heavy atom. The third-order valence-electron chi connectivity index (χ3n) is 5.77. The number of likely N-dealkylation sites (N-methyl/N-ethyl adjacent to an activating group) is 1. The maximum absolute atomic E-state index is 12.5. The van der Waals surface area contributed by atoms with Crippen molar-refractivity contribution in [1.29, 1.82) is 0 Å². The third kappa shape index (κ3) is 20.9. The highest BCUT2D eigenvalue weighted by atomic mass is 16.5. The van der Waals surface area contributed by atoms with Crippen LogP contribution in [0.5, 0.6) is 0 Å². The molecular formula is C27H52N2O5. The first-order chi connectivity index (χ1) is 16.4. The Morgan fingerprint density at radius 3 is 1.44 bits per heavy atom. The highest BCUT2D eigenvalue weighted by Gasteiger charge is 2.16. The van der Waals surface area contributed by atoms with Gasteiger partial charge in [0.15, 0.2) is 0 Å². The van der Waals surface area contributed by atoms with Crippen molar-refractivity contribution in [3.05, 3.63) is 0 Å². The zero-order valence-corrected chi connectivity index (χ0v) is 22.6. The fourth-order valence-electron chi connectivity index (χ4n) is 3.67. The van der Waals surface area contributed by atoms with Crippen LogP contribution in [-0.4, -0.2) is 74.6 Å². The number of ether oxygens (including phenoxy) is 2. The molecular weight excluding hydrogens is 432 g/mol. The van der Waals surface area contributed by atoms with E-state index >= 15 is 0 Å². The van der Waals surface area contributed by atoms with Crippen LogP contribution in [0, 0.1) is 0 Å². The van der Waals surface area contributed by atoms with Crippen molar-refractivity contribution >= 4 is 17.8 Å². The molecule has 0 aliphatic heterocycles. The van der Waals surface area contributed by atoms with Crippen LogP contribution in [-0.2, 0) is 23.9 Å². The van der Waals surface area contributed by atoms with Gasteiger partial charge in [-0.1, -0.05) is 84.5 Å². The summed E-state index contributed by atoms with van der Waals surface area (Å²) < 4.78 is 10.6. The second-order valence-electron chi connectivity index (χ2n) is 9.45. The van der Waals surface area contributed by atoms with Gasteiger partial charge in [0.05, 0.1) is 19.6 Å². The molecule has 7 heteroatoms. The summed E-state index contributed by atoms with van der Waals surface area (Å²) in [5.41, 5.74) is 0. The molecule has 0 aliphatic rings. The van der Waals surface area contributed by atoms with Gasteiger partial charge in [0.1, 0.15) is 13.2 Å². The molecule has 0 spiro atoms. The fraction of sp³-hybridized carbons (Fsp3) is 0.889. The van der Waals surface area contributed by atoms with Crippen LogP contribution in [0.4, 0.5) is 0 Å². The van der Waals surface area contributed by atoms with Gasteiger partial charge in [-0.25, -0.2) is 0 Å². The zero-order valence-electron chi connectivity index (χ0n) is 22.6. The lowest BCUT2D eigenvalue weighted by Crippen LogP contribution is -2.42. The van der Waals surface area contributed by atoms with Crippen molar-refractivity contribution in [3.63, 3.8) is 0 Å². The normalized spacial score (nSPS) is 11.0. The molecule has 0 unspecified atom stereocenters. The van der Waals surface area contributed by atoms with Gasteiger partial charge in [0.25, 0.3) is 0 Å². The number of nitrogens with zero attached hydrogens (tertiary/aromatic N) is 2. The lowest BCUT2D eigenvalue weighted by molar-refractivity contribution is -0.148. The molecule has 0 radical (unpaired) electrons. The summed E-state index contributed by atoms with van der Waals surface area (Å²) in [4.78, 5) is 39.6. The van der Waals surface area contributed by atoms with Crippen LogP contribution in [0.3, 0.4) is 0 Å². The van der Waals surface area contributed by atoms with E-state index in [-0.39, 0.29) is 37.6 Å². The van der Waals surface area contributed by atoms with Gasteiger partial charge in [-0.2, -0.15) is 0 Å². The molecule has 0 aliphatic carbocycles. The molecule has 0 aromatic carbocycles. The van der Waals surface area contributed by atoms with Crippen LogP contribution in [0.25, 0.3) is 0 Å². The van der Waals surface area contributed by atoms with Gasteiger partial charge in [0, 0.05) is 12.8 Å². The van der Waals surface area contributed by atoms with Crippen molar-refractivity contribution in [2.24, 2.45) is 0 Å². The minimum atomic E-state index is -0.236. The van der Waals surface area contributed by atoms with Crippen molar-refractivity contribution in [2.75, 3.05) is 46.9 Å². The standard InChI is InChI=1S/C27H52N2O5/c1-5-7-9-10-11-12-13-14-15-16-17-19-27(32)34-23-21-29(25(30)24-28(3)4)20-22-33-26(31)18-8-6-2/h5-24H2,1-4H3. The van der Waals surface area contributed by atoms with Gasteiger partial charge in [-0.3, -0.25) is 14.4 Å². The average Bonchev–Trinajstić information content (AvgIpc) is 2.79. The molecule has 0 atom stereocenters. The number of rotatable bonds is 23. The average molecular weight is 485 g/mol. The lowest BCUT2D eigenvalue weighted by atomic mass is 10.1.